The number of hydrogen-bond donors (Lipinski definition) is 1. The number of nitrogen functional groups attached to an aromatic ring is 1. The van der Waals surface area contributed by atoms with Gasteiger partial charge in [-0.05, 0) is 30.7 Å². The normalized spacial score (nSPS) is 11.4. The number of aromatic nitrogens is 3. The van der Waals surface area contributed by atoms with Crippen molar-refractivity contribution in [1.82, 2.24) is 14.6 Å². The number of nitrogens with two attached hydrogens (primary N) is 1. The summed E-state index contributed by atoms with van der Waals surface area (Å²) < 4.78 is 54.9. The van der Waals surface area contributed by atoms with Gasteiger partial charge in [-0.15, -0.1) is 0 Å². The quantitative estimate of drug-likeness (QED) is 0.448. The van der Waals surface area contributed by atoms with E-state index in [-0.39, 0.29) is 51.9 Å². The minimum atomic E-state index is -4.79. The molecule has 2 heterocycles. The van der Waals surface area contributed by atoms with E-state index >= 15 is 0 Å². The second-order valence-corrected chi connectivity index (χ2v) is 5.28. The molecule has 0 fully saturated rings. The van der Waals surface area contributed by atoms with E-state index < -0.39 is 34.9 Å². The Balaban J connectivity index is 0.00000243. The third kappa shape index (κ3) is 3.27. The summed E-state index contributed by atoms with van der Waals surface area (Å²) in [5.41, 5.74) is 2.86. The first-order valence-corrected chi connectivity index (χ1v) is 6.82. The van der Waals surface area contributed by atoms with Crippen LogP contribution in [0.15, 0.2) is 24.5 Å². The van der Waals surface area contributed by atoms with Gasteiger partial charge in [-0.1, -0.05) is 0 Å². The van der Waals surface area contributed by atoms with E-state index in [1.165, 1.54) is 6.92 Å². The molecule has 26 heavy (non-hydrogen) atoms. The van der Waals surface area contributed by atoms with Crippen LogP contribution in [0.5, 0.6) is 0 Å². The number of carboxylic acids is 1. The zero-order valence-electron chi connectivity index (χ0n) is 13.6. The van der Waals surface area contributed by atoms with Crippen molar-refractivity contribution in [2.75, 3.05) is 5.73 Å². The maximum atomic E-state index is 14.3. The van der Waals surface area contributed by atoms with Gasteiger partial charge in [-0.2, -0.15) is 18.3 Å². The van der Waals surface area contributed by atoms with Crippen LogP contribution in [-0.2, 0) is 6.18 Å². The molecule has 0 bridgehead atoms. The Morgan fingerprint density at radius 1 is 1.27 bits per heavy atom. The van der Waals surface area contributed by atoms with Crippen molar-refractivity contribution in [3.05, 3.63) is 47.0 Å². The summed E-state index contributed by atoms with van der Waals surface area (Å²) in [5, 5.41) is 14.8. The fourth-order valence-electron chi connectivity index (χ4n) is 2.56. The number of carbonyl (C=O) groups is 1. The van der Waals surface area contributed by atoms with Crippen molar-refractivity contribution >= 4 is 17.3 Å². The number of halogens is 4. The van der Waals surface area contributed by atoms with E-state index in [4.69, 9.17) is 5.73 Å². The molecule has 0 saturated carbocycles. The van der Waals surface area contributed by atoms with E-state index in [9.17, 15) is 27.5 Å². The van der Waals surface area contributed by atoms with Crippen LogP contribution in [0.25, 0.3) is 16.8 Å². The zero-order chi connectivity index (χ0) is 18.5. The molecular weight excluding hydrogens is 367 g/mol. The molecule has 0 aliphatic carbocycles. The third-order valence-corrected chi connectivity index (χ3v) is 3.70. The Kier molecular flexibility index (Phi) is 5.31. The molecule has 0 amide bonds. The van der Waals surface area contributed by atoms with Crippen LogP contribution < -0.4 is 40.4 Å². The summed E-state index contributed by atoms with van der Waals surface area (Å²) >= 11 is 0. The van der Waals surface area contributed by atoms with Gasteiger partial charge >= 0.3 is 35.7 Å². The van der Waals surface area contributed by atoms with Gasteiger partial charge in [0.1, 0.15) is 17.7 Å². The van der Waals surface area contributed by atoms with Crippen molar-refractivity contribution in [2.24, 2.45) is 0 Å². The minimum absolute atomic E-state index is 0. The monoisotopic (exact) mass is 376 g/mol. The second kappa shape index (κ2) is 6.86. The summed E-state index contributed by atoms with van der Waals surface area (Å²) in [6.07, 6.45) is -3.88. The van der Waals surface area contributed by atoms with Gasteiger partial charge in [-0.3, -0.25) is 0 Å². The van der Waals surface area contributed by atoms with Crippen molar-refractivity contribution < 1.29 is 57.0 Å². The topological polar surface area (TPSA) is 96.3 Å². The smallest absolute Gasteiger partial charge is 0.545 e. The standard InChI is InChI=1S/C15H10F4N4O2.Na/c1-6-2-10(16)8(3-7(6)14(24)25)11-4-9(15(17,18)19)12-13(20)21-5-22-23(11)12;/h2-5H,1H3,(H,24,25)(H2,20,21,22);/q;+1/p-1. The Morgan fingerprint density at radius 3 is 2.50 bits per heavy atom. The molecular formula is C15H9F4N4NaO2. The molecule has 6 nitrogen and oxygen atoms in total. The molecule has 0 atom stereocenters. The minimum Gasteiger partial charge on any atom is -0.545 e. The number of anilines is 1. The second-order valence-electron chi connectivity index (χ2n) is 5.28. The molecule has 3 rings (SSSR count). The summed E-state index contributed by atoms with van der Waals surface area (Å²) in [5.74, 6) is -2.93. The van der Waals surface area contributed by atoms with Crippen LogP contribution in [0, 0.1) is 12.7 Å². The third-order valence-electron chi connectivity index (χ3n) is 3.70. The molecule has 11 heteroatoms. The summed E-state index contributed by atoms with van der Waals surface area (Å²) in [6, 6.07) is 2.45. The van der Waals surface area contributed by atoms with Crippen molar-refractivity contribution in [2.45, 2.75) is 13.1 Å². The number of fused-ring (bicyclic) bond motifs is 1. The van der Waals surface area contributed by atoms with E-state index in [0.29, 0.717) is 6.07 Å². The predicted molar refractivity (Wildman–Crippen MR) is 76.9 cm³/mol. The fraction of sp³-hybridized carbons (Fsp3) is 0.133. The Morgan fingerprint density at radius 2 is 1.92 bits per heavy atom. The Hall–Kier alpha value is -2.17. The summed E-state index contributed by atoms with van der Waals surface area (Å²) in [6.45, 7) is 1.34. The molecule has 2 N–H and O–H groups in total. The molecule has 2 aromatic heterocycles. The van der Waals surface area contributed by atoms with Crippen molar-refractivity contribution in [3.8, 4) is 11.3 Å². The van der Waals surface area contributed by atoms with E-state index in [0.717, 1.165) is 23.0 Å². The van der Waals surface area contributed by atoms with Gasteiger partial charge in [0.05, 0.1) is 17.2 Å². The predicted octanol–water partition coefficient (Wildman–Crippen LogP) is -1.19. The molecule has 0 saturated heterocycles. The average molecular weight is 376 g/mol. The van der Waals surface area contributed by atoms with Crippen LogP contribution in [0.1, 0.15) is 21.5 Å². The maximum Gasteiger partial charge on any atom is 1.00 e. The first-order valence-electron chi connectivity index (χ1n) is 6.82. The number of carbonyl (C=O) groups excluding carboxylic acids is 1. The average Bonchev–Trinajstić information content (AvgIpc) is 2.88. The van der Waals surface area contributed by atoms with Gasteiger partial charge in [0, 0.05) is 11.1 Å². The number of benzene rings is 1. The molecule has 0 aliphatic rings. The molecule has 1 aromatic carbocycles. The number of carboxylic acid groups (broad SMARTS) is 1. The van der Waals surface area contributed by atoms with Gasteiger partial charge < -0.3 is 15.6 Å². The number of aryl methyl sites for hydroxylation is 1. The van der Waals surface area contributed by atoms with E-state index in [1.807, 2.05) is 0 Å². The van der Waals surface area contributed by atoms with Crippen molar-refractivity contribution in [3.63, 3.8) is 0 Å². The van der Waals surface area contributed by atoms with Gasteiger partial charge in [0.25, 0.3) is 0 Å². The van der Waals surface area contributed by atoms with Crippen LogP contribution >= 0.6 is 0 Å². The van der Waals surface area contributed by atoms with Gasteiger partial charge in [0.15, 0.2) is 5.82 Å². The Labute approximate surface area is 165 Å². The van der Waals surface area contributed by atoms with Gasteiger partial charge in [0.2, 0.25) is 0 Å². The fourth-order valence-corrected chi connectivity index (χ4v) is 2.56. The molecule has 3 aromatic rings. The summed E-state index contributed by atoms with van der Waals surface area (Å²) in [7, 11) is 0. The molecule has 0 spiro atoms. The number of aromatic carboxylic acids is 1. The SMILES string of the molecule is Cc1cc(F)c(-c2cc(C(F)(F)F)c3c(N)ncnn23)cc1C(=O)[O-].[Na+]. The van der Waals surface area contributed by atoms with Crippen LogP contribution in [0.3, 0.4) is 0 Å². The van der Waals surface area contributed by atoms with Crippen LogP contribution in [-0.4, -0.2) is 20.6 Å². The van der Waals surface area contributed by atoms with Crippen LogP contribution in [0.4, 0.5) is 23.4 Å². The zero-order valence-corrected chi connectivity index (χ0v) is 15.6. The van der Waals surface area contributed by atoms with Crippen molar-refractivity contribution in [1.29, 1.82) is 0 Å². The van der Waals surface area contributed by atoms with E-state index in [1.54, 1.807) is 0 Å². The number of hydrogen-bond acceptors (Lipinski definition) is 5. The number of alkyl halides is 3. The molecule has 130 valence electrons. The summed E-state index contributed by atoms with van der Waals surface area (Å²) in [4.78, 5) is 14.7. The Bertz CT molecular complexity index is 1020. The van der Waals surface area contributed by atoms with Gasteiger partial charge in [-0.25, -0.2) is 13.9 Å². The molecule has 0 aliphatic heterocycles. The largest absolute Gasteiger partial charge is 1.00 e. The van der Waals surface area contributed by atoms with E-state index in [2.05, 4.69) is 10.1 Å². The first-order chi connectivity index (χ1) is 11.6. The number of rotatable bonds is 2. The molecule has 0 radical (unpaired) electrons. The first kappa shape index (κ1) is 20.1. The van der Waals surface area contributed by atoms with Crippen LogP contribution in [0.2, 0.25) is 0 Å². The number of nitrogens with zero attached hydrogens (tertiary/aromatic N) is 3. The maximum absolute atomic E-state index is 14.3. The molecule has 0 unspecified atom stereocenters.